The van der Waals surface area contributed by atoms with Crippen molar-refractivity contribution in [3.05, 3.63) is 75.6 Å². The molecule has 1 aliphatic carbocycles. The second-order valence-corrected chi connectivity index (χ2v) is 10.5. The summed E-state index contributed by atoms with van der Waals surface area (Å²) < 4.78 is 30.9. The monoisotopic (exact) mass is 527 g/mol. The van der Waals surface area contributed by atoms with Gasteiger partial charge in [-0.2, -0.15) is 4.28 Å². The van der Waals surface area contributed by atoms with E-state index in [-0.39, 0.29) is 6.04 Å². The molecule has 1 unspecified atom stereocenters. The summed E-state index contributed by atoms with van der Waals surface area (Å²) in [6, 6.07) is 15.2. The molecule has 4 aromatic rings. The summed E-state index contributed by atoms with van der Waals surface area (Å²) in [7, 11) is 1.65. The molecular formula is C24H23N4O4S3-. The molecule has 0 spiro atoms. The Morgan fingerprint density at radius 1 is 1.14 bits per heavy atom. The fourth-order valence-corrected chi connectivity index (χ4v) is 5.62. The second-order valence-electron chi connectivity index (χ2n) is 8.14. The standard InChI is InChI=1S/C24H24N4O4S3/c1-31-19-4-2-3-17(12-19)21-13-34-24(27-21)26-20(22-14-33-23(25-22)16-7-8-16)11-15-5-9-18(10-6-15)28-32-35(29)30/h2-6,9-10,12-14,16,20,28H,7-8,11H2,1H3,(H,26,27)(H,29,30)/p-1/t20-/m0/s1. The van der Waals surface area contributed by atoms with Crippen molar-refractivity contribution in [1.29, 1.82) is 0 Å². The molecule has 2 aromatic carbocycles. The van der Waals surface area contributed by atoms with Crippen LogP contribution in [-0.4, -0.2) is 25.8 Å². The van der Waals surface area contributed by atoms with Crippen molar-refractivity contribution in [2.75, 3.05) is 17.9 Å². The van der Waals surface area contributed by atoms with Crippen LogP contribution in [0.1, 0.15) is 41.1 Å². The lowest BCUT2D eigenvalue weighted by Crippen LogP contribution is -2.14. The molecule has 0 aliphatic heterocycles. The third-order valence-electron chi connectivity index (χ3n) is 5.61. The van der Waals surface area contributed by atoms with Gasteiger partial charge in [0.15, 0.2) is 5.13 Å². The van der Waals surface area contributed by atoms with Gasteiger partial charge < -0.3 is 14.6 Å². The maximum Gasteiger partial charge on any atom is 0.183 e. The minimum atomic E-state index is -2.63. The van der Waals surface area contributed by atoms with Crippen LogP contribution in [0.2, 0.25) is 0 Å². The van der Waals surface area contributed by atoms with E-state index in [0.717, 1.165) is 33.4 Å². The van der Waals surface area contributed by atoms with Crippen LogP contribution in [0.5, 0.6) is 5.75 Å². The Balaban J connectivity index is 1.35. The average Bonchev–Trinajstić information content (AvgIpc) is 3.41. The minimum absolute atomic E-state index is 0.0627. The predicted octanol–water partition coefficient (Wildman–Crippen LogP) is 5.69. The van der Waals surface area contributed by atoms with Crippen molar-refractivity contribution in [2.45, 2.75) is 31.2 Å². The molecule has 1 aliphatic rings. The molecule has 0 amide bonds. The van der Waals surface area contributed by atoms with Crippen LogP contribution in [-0.2, 0) is 22.1 Å². The van der Waals surface area contributed by atoms with E-state index in [2.05, 4.69) is 20.5 Å². The quantitative estimate of drug-likeness (QED) is 0.189. The number of benzene rings is 2. The lowest BCUT2D eigenvalue weighted by molar-refractivity contribution is 0.363. The van der Waals surface area contributed by atoms with Crippen LogP contribution in [0, 0.1) is 0 Å². The summed E-state index contributed by atoms with van der Waals surface area (Å²) in [4.78, 5) is 9.75. The zero-order valence-electron chi connectivity index (χ0n) is 18.8. The number of nitrogens with zero attached hydrogens (tertiary/aromatic N) is 2. The molecule has 11 heteroatoms. The van der Waals surface area contributed by atoms with Crippen molar-refractivity contribution in [1.82, 2.24) is 9.97 Å². The molecule has 182 valence electrons. The van der Waals surface area contributed by atoms with Gasteiger partial charge in [0.1, 0.15) is 17.1 Å². The van der Waals surface area contributed by atoms with Crippen LogP contribution in [0.4, 0.5) is 10.8 Å². The molecule has 1 saturated carbocycles. The zero-order chi connectivity index (χ0) is 24.2. The van der Waals surface area contributed by atoms with Crippen LogP contribution in [0.25, 0.3) is 11.3 Å². The lowest BCUT2D eigenvalue weighted by Gasteiger charge is -2.17. The highest BCUT2D eigenvalue weighted by Crippen LogP contribution is 2.42. The van der Waals surface area contributed by atoms with E-state index in [1.54, 1.807) is 41.9 Å². The lowest BCUT2D eigenvalue weighted by atomic mass is 10.0. The number of rotatable bonds is 11. The van der Waals surface area contributed by atoms with Crippen molar-refractivity contribution >= 4 is 44.9 Å². The average molecular weight is 528 g/mol. The SMILES string of the molecule is COc1cccc(-c2csc(N[C@@H](Cc3ccc(NOS(=O)[O-])cc3)c3csc(C4CC4)n3)n2)c1. The van der Waals surface area contributed by atoms with E-state index >= 15 is 0 Å². The van der Waals surface area contributed by atoms with Gasteiger partial charge in [0.05, 0.1) is 35.2 Å². The first-order valence-corrected chi connectivity index (χ1v) is 13.8. The van der Waals surface area contributed by atoms with Crippen LogP contribution in [0.3, 0.4) is 0 Å². The first kappa shape index (κ1) is 23.9. The predicted molar refractivity (Wildman–Crippen MR) is 138 cm³/mol. The summed E-state index contributed by atoms with van der Waals surface area (Å²) in [5.41, 5.74) is 6.90. The summed E-state index contributed by atoms with van der Waals surface area (Å²) in [6.45, 7) is 0. The fraction of sp³-hybridized carbons (Fsp3) is 0.250. The van der Waals surface area contributed by atoms with Gasteiger partial charge in [0.25, 0.3) is 0 Å². The van der Waals surface area contributed by atoms with Crippen LogP contribution < -0.4 is 15.5 Å². The number of hydrogen-bond donors (Lipinski definition) is 2. The third kappa shape index (κ3) is 6.24. The van der Waals surface area contributed by atoms with Gasteiger partial charge in [0, 0.05) is 22.2 Å². The first-order valence-electron chi connectivity index (χ1n) is 11.0. The van der Waals surface area contributed by atoms with Gasteiger partial charge in [-0.25, -0.2) is 14.2 Å². The number of hydrogen-bond acceptors (Lipinski definition) is 10. The summed E-state index contributed by atoms with van der Waals surface area (Å²) in [5.74, 6) is 1.40. The van der Waals surface area contributed by atoms with E-state index < -0.39 is 11.4 Å². The zero-order valence-corrected chi connectivity index (χ0v) is 21.3. The number of ether oxygens (including phenoxy) is 1. The molecule has 1 fully saturated rings. The normalized spacial score (nSPS) is 14.9. The second kappa shape index (κ2) is 10.8. The molecule has 2 aromatic heterocycles. The molecule has 2 heterocycles. The Hall–Kier alpha value is -2.83. The highest BCUT2D eigenvalue weighted by molar-refractivity contribution is 7.74. The Morgan fingerprint density at radius 2 is 1.97 bits per heavy atom. The van der Waals surface area contributed by atoms with E-state index in [1.165, 1.54) is 17.8 Å². The topological polar surface area (TPSA) is 108 Å². The smallest absolute Gasteiger partial charge is 0.183 e. The van der Waals surface area contributed by atoms with E-state index in [4.69, 9.17) is 14.7 Å². The number of thiazole rings is 2. The summed E-state index contributed by atoms with van der Waals surface area (Å²) in [5, 5.41) is 9.77. The fourth-order valence-electron chi connectivity index (χ4n) is 3.64. The molecule has 0 bridgehead atoms. The Bertz CT molecular complexity index is 1300. The Morgan fingerprint density at radius 3 is 2.71 bits per heavy atom. The number of nitrogens with one attached hydrogen (secondary N) is 2. The highest BCUT2D eigenvalue weighted by Gasteiger charge is 2.28. The Kier molecular flexibility index (Phi) is 7.40. The van der Waals surface area contributed by atoms with Crippen molar-refractivity contribution < 1.29 is 17.8 Å². The highest BCUT2D eigenvalue weighted by atomic mass is 32.2. The molecule has 8 nitrogen and oxygen atoms in total. The molecule has 0 radical (unpaired) electrons. The molecule has 35 heavy (non-hydrogen) atoms. The minimum Gasteiger partial charge on any atom is -0.748 e. The molecule has 5 rings (SSSR count). The number of methoxy groups -OCH3 is 1. The first-order chi connectivity index (χ1) is 17.1. The van der Waals surface area contributed by atoms with Crippen molar-refractivity contribution in [2.24, 2.45) is 0 Å². The maximum absolute atomic E-state index is 10.6. The largest absolute Gasteiger partial charge is 0.748 e. The van der Waals surface area contributed by atoms with Gasteiger partial charge >= 0.3 is 0 Å². The van der Waals surface area contributed by atoms with Gasteiger partial charge in [-0.15, -0.1) is 22.7 Å². The van der Waals surface area contributed by atoms with Crippen molar-refractivity contribution in [3.63, 3.8) is 0 Å². The van der Waals surface area contributed by atoms with Gasteiger partial charge in [-0.3, -0.25) is 5.48 Å². The van der Waals surface area contributed by atoms with Crippen LogP contribution in [0.15, 0.2) is 59.3 Å². The maximum atomic E-state index is 10.6. The van der Waals surface area contributed by atoms with Gasteiger partial charge in [-0.1, -0.05) is 24.3 Å². The van der Waals surface area contributed by atoms with E-state index in [0.29, 0.717) is 18.0 Å². The summed E-state index contributed by atoms with van der Waals surface area (Å²) >= 11 is 0.647. The van der Waals surface area contributed by atoms with E-state index in [9.17, 15) is 8.76 Å². The van der Waals surface area contributed by atoms with Gasteiger partial charge in [0.2, 0.25) is 0 Å². The number of anilines is 2. The third-order valence-corrected chi connectivity index (χ3v) is 7.63. The molecule has 2 atom stereocenters. The molecule has 2 N–H and O–H groups in total. The summed E-state index contributed by atoms with van der Waals surface area (Å²) in [6.07, 6.45) is 3.12. The van der Waals surface area contributed by atoms with E-state index in [1.807, 2.05) is 41.8 Å². The van der Waals surface area contributed by atoms with Crippen LogP contribution >= 0.6 is 22.7 Å². The molecular weight excluding hydrogens is 504 g/mol. The Labute approximate surface area is 213 Å². The number of aromatic nitrogens is 2. The van der Waals surface area contributed by atoms with Gasteiger partial charge in [-0.05, 0) is 49.1 Å². The van der Waals surface area contributed by atoms with Crippen molar-refractivity contribution in [3.8, 4) is 17.0 Å². The molecule has 0 saturated heterocycles.